The lowest BCUT2D eigenvalue weighted by Crippen LogP contribution is -2.27. The van der Waals surface area contributed by atoms with Crippen LogP contribution in [-0.2, 0) is 11.2 Å². The molecule has 1 aromatic carbocycles. The van der Waals surface area contributed by atoms with Crippen LogP contribution < -0.4 is 5.32 Å². The Hall–Kier alpha value is -1.95. The van der Waals surface area contributed by atoms with Gasteiger partial charge in [0.1, 0.15) is 0 Å². The number of benzene rings is 1. The predicted molar refractivity (Wildman–Crippen MR) is 60.8 cm³/mol. The first kappa shape index (κ1) is 10.6. The maximum absolute atomic E-state index is 11.3. The summed E-state index contributed by atoms with van der Waals surface area (Å²) in [6, 6.07) is 8.17. The molecular formula is C13H13NO2. The molecule has 0 saturated heterocycles. The number of fused-ring (bicyclic) bond motifs is 1. The average Bonchev–Trinajstić information content (AvgIpc) is 2.70. The van der Waals surface area contributed by atoms with Gasteiger partial charge in [-0.1, -0.05) is 30.2 Å². The number of hydrogen-bond donors (Lipinski definition) is 1. The molecule has 0 heterocycles. The predicted octanol–water partition coefficient (Wildman–Crippen LogP) is 2.03. The second-order valence-electron chi connectivity index (χ2n) is 3.71. The molecule has 3 heteroatoms. The summed E-state index contributed by atoms with van der Waals surface area (Å²) in [4.78, 5) is 11.3. The number of carbonyl (C=O) groups is 1. The highest BCUT2D eigenvalue weighted by Gasteiger charge is 2.23. The number of aryl methyl sites for hydroxylation is 1. The quantitative estimate of drug-likeness (QED) is 0.766. The minimum atomic E-state index is -0.445. The Morgan fingerprint density at radius 2 is 2.38 bits per heavy atom. The fraction of sp³-hybridized carbons (Fsp3) is 0.308. The van der Waals surface area contributed by atoms with Crippen LogP contribution >= 0.6 is 0 Å². The Bertz CT molecular complexity index is 434. The monoisotopic (exact) mass is 215 g/mol. The second kappa shape index (κ2) is 4.71. The molecule has 0 unspecified atom stereocenters. The van der Waals surface area contributed by atoms with Crippen LogP contribution in [0, 0.1) is 12.3 Å². The van der Waals surface area contributed by atoms with Crippen LogP contribution in [0.4, 0.5) is 4.79 Å². The smallest absolute Gasteiger partial charge is 0.408 e. The van der Waals surface area contributed by atoms with Crippen molar-refractivity contribution in [3.05, 3.63) is 35.4 Å². The summed E-state index contributed by atoms with van der Waals surface area (Å²) in [5.41, 5.74) is 2.48. The average molecular weight is 215 g/mol. The standard InChI is InChI=1S/C13H13NO2/c1-2-9-16-13(15)14-12-8-7-10-5-3-4-6-11(10)12/h1,3-6,12H,7-9H2,(H,14,15)/t12-/m1/s1. The summed E-state index contributed by atoms with van der Waals surface area (Å²) in [6.07, 6.45) is 6.48. The SMILES string of the molecule is C#CCOC(=O)N[C@@H]1CCc2ccccc21. The number of alkyl carbamates (subject to hydrolysis) is 1. The molecule has 0 bridgehead atoms. The first-order chi connectivity index (χ1) is 7.81. The Balaban J connectivity index is 1.98. The topological polar surface area (TPSA) is 38.3 Å². The Kier molecular flexibility index (Phi) is 3.11. The first-order valence-corrected chi connectivity index (χ1v) is 5.26. The van der Waals surface area contributed by atoms with Crippen molar-refractivity contribution in [3.8, 4) is 12.3 Å². The number of ether oxygens (including phenoxy) is 1. The molecule has 0 aromatic heterocycles. The van der Waals surface area contributed by atoms with E-state index in [1.807, 2.05) is 18.2 Å². The van der Waals surface area contributed by atoms with Crippen molar-refractivity contribution in [2.75, 3.05) is 6.61 Å². The number of carbonyl (C=O) groups excluding carboxylic acids is 1. The summed E-state index contributed by atoms with van der Waals surface area (Å²) >= 11 is 0. The van der Waals surface area contributed by atoms with Gasteiger partial charge in [0, 0.05) is 0 Å². The van der Waals surface area contributed by atoms with Crippen LogP contribution in [0.1, 0.15) is 23.6 Å². The van der Waals surface area contributed by atoms with E-state index in [0.717, 1.165) is 12.8 Å². The molecule has 0 saturated carbocycles. The van der Waals surface area contributed by atoms with E-state index < -0.39 is 6.09 Å². The molecule has 2 rings (SSSR count). The molecule has 16 heavy (non-hydrogen) atoms. The Morgan fingerprint density at radius 1 is 1.56 bits per heavy atom. The van der Waals surface area contributed by atoms with Gasteiger partial charge in [-0.2, -0.15) is 0 Å². The van der Waals surface area contributed by atoms with E-state index in [2.05, 4.69) is 17.3 Å². The van der Waals surface area contributed by atoms with Crippen LogP contribution in [-0.4, -0.2) is 12.7 Å². The highest BCUT2D eigenvalue weighted by Crippen LogP contribution is 2.30. The van der Waals surface area contributed by atoms with Crippen molar-refractivity contribution in [1.29, 1.82) is 0 Å². The van der Waals surface area contributed by atoms with Crippen molar-refractivity contribution in [1.82, 2.24) is 5.32 Å². The third-order valence-electron chi connectivity index (χ3n) is 2.71. The third kappa shape index (κ3) is 2.17. The van der Waals surface area contributed by atoms with Crippen molar-refractivity contribution >= 4 is 6.09 Å². The first-order valence-electron chi connectivity index (χ1n) is 5.26. The summed E-state index contributed by atoms with van der Waals surface area (Å²) < 4.78 is 4.78. The summed E-state index contributed by atoms with van der Waals surface area (Å²) in [5, 5.41) is 2.81. The highest BCUT2D eigenvalue weighted by atomic mass is 16.5. The highest BCUT2D eigenvalue weighted by molar-refractivity contribution is 5.68. The molecular weight excluding hydrogens is 202 g/mol. The lowest BCUT2D eigenvalue weighted by molar-refractivity contribution is 0.156. The Morgan fingerprint density at radius 3 is 3.19 bits per heavy atom. The summed E-state index contributed by atoms with van der Waals surface area (Å²) in [5.74, 6) is 2.26. The largest absolute Gasteiger partial charge is 0.436 e. The molecule has 1 aliphatic rings. The van der Waals surface area contributed by atoms with Gasteiger partial charge in [-0.25, -0.2) is 4.79 Å². The van der Waals surface area contributed by atoms with Crippen LogP contribution in [0.5, 0.6) is 0 Å². The number of amides is 1. The van der Waals surface area contributed by atoms with Gasteiger partial charge in [-0.05, 0) is 24.0 Å². The van der Waals surface area contributed by atoms with Crippen LogP contribution in [0.2, 0.25) is 0 Å². The molecule has 1 atom stereocenters. The lowest BCUT2D eigenvalue weighted by atomic mass is 10.1. The van der Waals surface area contributed by atoms with Gasteiger partial charge in [0.05, 0.1) is 6.04 Å². The molecule has 1 amide bonds. The summed E-state index contributed by atoms with van der Waals surface area (Å²) in [6.45, 7) is 0.0141. The van der Waals surface area contributed by atoms with E-state index in [9.17, 15) is 4.79 Å². The van der Waals surface area contributed by atoms with Crippen LogP contribution in [0.25, 0.3) is 0 Å². The van der Waals surface area contributed by atoms with E-state index in [-0.39, 0.29) is 12.6 Å². The normalized spacial score (nSPS) is 17.3. The van der Waals surface area contributed by atoms with E-state index >= 15 is 0 Å². The van der Waals surface area contributed by atoms with Gasteiger partial charge < -0.3 is 10.1 Å². The zero-order valence-corrected chi connectivity index (χ0v) is 8.90. The van der Waals surface area contributed by atoms with Gasteiger partial charge in [0.15, 0.2) is 6.61 Å². The second-order valence-corrected chi connectivity index (χ2v) is 3.71. The maximum Gasteiger partial charge on any atom is 0.408 e. The van der Waals surface area contributed by atoms with Crippen molar-refractivity contribution in [2.45, 2.75) is 18.9 Å². The molecule has 1 N–H and O–H groups in total. The number of nitrogens with one attached hydrogen (secondary N) is 1. The lowest BCUT2D eigenvalue weighted by Gasteiger charge is -2.13. The van der Waals surface area contributed by atoms with E-state index in [1.165, 1.54) is 11.1 Å². The molecule has 3 nitrogen and oxygen atoms in total. The molecule has 0 aliphatic heterocycles. The van der Waals surface area contributed by atoms with Gasteiger partial charge >= 0.3 is 6.09 Å². The molecule has 1 aromatic rings. The van der Waals surface area contributed by atoms with Gasteiger partial charge in [-0.3, -0.25) is 0 Å². The minimum Gasteiger partial charge on any atom is -0.436 e. The van der Waals surface area contributed by atoms with E-state index in [0.29, 0.717) is 0 Å². The van der Waals surface area contributed by atoms with Crippen molar-refractivity contribution in [3.63, 3.8) is 0 Å². The van der Waals surface area contributed by atoms with Crippen LogP contribution in [0.3, 0.4) is 0 Å². The zero-order chi connectivity index (χ0) is 11.4. The fourth-order valence-electron chi connectivity index (χ4n) is 2.00. The van der Waals surface area contributed by atoms with Gasteiger partial charge in [-0.15, -0.1) is 6.42 Å². The molecule has 0 radical (unpaired) electrons. The number of terminal acetylenes is 1. The fourth-order valence-corrected chi connectivity index (χ4v) is 2.00. The summed E-state index contributed by atoms with van der Waals surface area (Å²) in [7, 11) is 0. The van der Waals surface area contributed by atoms with Gasteiger partial charge in [0.2, 0.25) is 0 Å². The Labute approximate surface area is 94.8 Å². The van der Waals surface area contributed by atoms with Crippen LogP contribution in [0.15, 0.2) is 24.3 Å². The van der Waals surface area contributed by atoms with E-state index in [1.54, 1.807) is 0 Å². The minimum absolute atomic E-state index is 0.0141. The number of hydrogen-bond acceptors (Lipinski definition) is 2. The third-order valence-corrected chi connectivity index (χ3v) is 2.71. The maximum atomic E-state index is 11.3. The van der Waals surface area contributed by atoms with Gasteiger partial charge in [0.25, 0.3) is 0 Å². The molecule has 0 fully saturated rings. The number of rotatable bonds is 2. The van der Waals surface area contributed by atoms with E-state index in [4.69, 9.17) is 11.2 Å². The zero-order valence-electron chi connectivity index (χ0n) is 8.90. The van der Waals surface area contributed by atoms with Crippen molar-refractivity contribution < 1.29 is 9.53 Å². The molecule has 1 aliphatic carbocycles. The molecule has 0 spiro atoms. The van der Waals surface area contributed by atoms with Crippen molar-refractivity contribution in [2.24, 2.45) is 0 Å². The molecule has 82 valence electrons.